The normalized spacial score (nSPS) is 16.9. The number of hydrogen-bond acceptors (Lipinski definition) is 4. The van der Waals surface area contributed by atoms with Crippen LogP contribution in [0.15, 0.2) is 12.1 Å². The average Bonchev–Trinajstić information content (AvgIpc) is 2.76. The SMILES string of the molecule is CNc1c(Cl)cc(C(=O)N2CCCC2(C)C)cc1[N+](=O)[O-]. The van der Waals surface area contributed by atoms with Crippen LogP contribution in [0.3, 0.4) is 0 Å². The van der Waals surface area contributed by atoms with Crippen molar-refractivity contribution in [2.24, 2.45) is 0 Å². The summed E-state index contributed by atoms with van der Waals surface area (Å²) in [4.78, 5) is 25.0. The number of nitro groups is 1. The van der Waals surface area contributed by atoms with Crippen LogP contribution in [0.1, 0.15) is 37.0 Å². The fourth-order valence-corrected chi connectivity index (χ4v) is 3.06. The Labute approximate surface area is 128 Å². The van der Waals surface area contributed by atoms with E-state index >= 15 is 0 Å². The van der Waals surface area contributed by atoms with E-state index in [1.54, 1.807) is 11.9 Å². The topological polar surface area (TPSA) is 75.5 Å². The first-order valence-electron chi connectivity index (χ1n) is 6.75. The van der Waals surface area contributed by atoms with E-state index in [1.165, 1.54) is 12.1 Å². The summed E-state index contributed by atoms with van der Waals surface area (Å²) in [6.07, 6.45) is 1.85. The van der Waals surface area contributed by atoms with Crippen molar-refractivity contribution < 1.29 is 9.72 Å². The molecule has 1 amide bonds. The molecule has 1 N–H and O–H groups in total. The van der Waals surface area contributed by atoms with Gasteiger partial charge in [0.1, 0.15) is 5.69 Å². The van der Waals surface area contributed by atoms with Crippen molar-refractivity contribution in [1.29, 1.82) is 0 Å². The van der Waals surface area contributed by atoms with Crippen LogP contribution in [0, 0.1) is 10.1 Å². The van der Waals surface area contributed by atoms with Gasteiger partial charge in [-0.05, 0) is 32.8 Å². The van der Waals surface area contributed by atoms with Crippen molar-refractivity contribution in [3.05, 3.63) is 32.8 Å². The molecule has 7 heteroatoms. The molecule has 1 heterocycles. The molecule has 1 aliphatic heterocycles. The first kappa shape index (κ1) is 15.6. The van der Waals surface area contributed by atoms with E-state index in [9.17, 15) is 14.9 Å². The molecule has 0 radical (unpaired) electrons. The van der Waals surface area contributed by atoms with Gasteiger partial charge in [-0.1, -0.05) is 11.6 Å². The number of nitrogens with zero attached hydrogens (tertiary/aromatic N) is 2. The van der Waals surface area contributed by atoms with Crippen molar-refractivity contribution in [3.63, 3.8) is 0 Å². The van der Waals surface area contributed by atoms with Gasteiger partial charge in [0.2, 0.25) is 0 Å². The monoisotopic (exact) mass is 311 g/mol. The minimum atomic E-state index is -0.538. The molecular weight excluding hydrogens is 294 g/mol. The van der Waals surface area contributed by atoms with E-state index in [-0.39, 0.29) is 33.4 Å². The predicted octanol–water partition coefficient (Wildman–Crippen LogP) is 3.30. The van der Waals surface area contributed by atoms with Gasteiger partial charge in [0.05, 0.1) is 9.95 Å². The molecular formula is C14H18ClN3O3. The lowest BCUT2D eigenvalue weighted by Gasteiger charge is -2.31. The largest absolute Gasteiger partial charge is 0.381 e. The maximum atomic E-state index is 12.6. The van der Waals surface area contributed by atoms with Gasteiger partial charge in [-0.3, -0.25) is 14.9 Å². The molecule has 0 bridgehead atoms. The number of carbonyl (C=O) groups is 1. The number of rotatable bonds is 3. The van der Waals surface area contributed by atoms with Crippen molar-refractivity contribution in [3.8, 4) is 0 Å². The number of benzene rings is 1. The summed E-state index contributed by atoms with van der Waals surface area (Å²) in [5, 5.41) is 14.0. The Morgan fingerprint density at radius 1 is 1.48 bits per heavy atom. The third-order valence-electron chi connectivity index (χ3n) is 3.91. The molecule has 2 rings (SSSR count). The predicted molar refractivity (Wildman–Crippen MR) is 82.0 cm³/mol. The van der Waals surface area contributed by atoms with E-state index in [1.807, 2.05) is 13.8 Å². The van der Waals surface area contributed by atoms with Crippen molar-refractivity contribution in [1.82, 2.24) is 4.90 Å². The molecule has 0 spiro atoms. The fraction of sp³-hybridized carbons (Fsp3) is 0.500. The van der Waals surface area contributed by atoms with E-state index < -0.39 is 4.92 Å². The van der Waals surface area contributed by atoms with Gasteiger partial charge in [-0.25, -0.2) is 0 Å². The highest BCUT2D eigenvalue weighted by Crippen LogP contribution is 2.36. The summed E-state index contributed by atoms with van der Waals surface area (Å²) in [5.41, 5.74) is 0.0462. The Kier molecular flexibility index (Phi) is 4.09. The molecule has 0 aliphatic carbocycles. The zero-order chi connectivity index (χ0) is 15.8. The number of hydrogen-bond donors (Lipinski definition) is 1. The van der Waals surface area contributed by atoms with Gasteiger partial charge in [-0.15, -0.1) is 0 Å². The second-order valence-corrected chi connectivity index (χ2v) is 6.14. The maximum absolute atomic E-state index is 12.6. The Bertz CT molecular complexity index is 601. The molecule has 6 nitrogen and oxygen atoms in total. The summed E-state index contributed by atoms with van der Waals surface area (Å²) in [6, 6.07) is 2.77. The first-order valence-corrected chi connectivity index (χ1v) is 7.13. The molecule has 1 aromatic carbocycles. The second-order valence-electron chi connectivity index (χ2n) is 5.73. The molecule has 0 saturated carbocycles. The van der Waals surface area contributed by atoms with Gasteiger partial charge in [-0.2, -0.15) is 0 Å². The Balaban J connectivity index is 2.45. The van der Waals surface area contributed by atoms with Gasteiger partial charge >= 0.3 is 0 Å². The number of anilines is 1. The molecule has 21 heavy (non-hydrogen) atoms. The van der Waals surface area contributed by atoms with Gasteiger partial charge in [0, 0.05) is 30.8 Å². The third kappa shape index (κ3) is 2.81. The Morgan fingerprint density at radius 3 is 2.62 bits per heavy atom. The molecule has 0 atom stereocenters. The minimum absolute atomic E-state index is 0.173. The van der Waals surface area contributed by atoms with Crippen LogP contribution < -0.4 is 5.32 Å². The number of amides is 1. The molecule has 1 aromatic rings. The number of likely N-dealkylation sites (tertiary alicyclic amines) is 1. The lowest BCUT2D eigenvalue weighted by molar-refractivity contribution is -0.384. The standard InChI is InChI=1S/C14H18ClN3O3/c1-14(2)5-4-6-17(14)13(19)9-7-10(15)12(16-3)11(8-9)18(20)21/h7-8,16H,4-6H2,1-3H3. The summed E-state index contributed by atoms with van der Waals surface area (Å²) in [6.45, 7) is 4.65. The first-order chi connectivity index (χ1) is 9.77. The van der Waals surface area contributed by atoms with Crippen molar-refractivity contribution >= 4 is 28.9 Å². The molecule has 0 unspecified atom stereocenters. The lowest BCUT2D eigenvalue weighted by Crippen LogP contribution is -2.42. The Morgan fingerprint density at radius 2 is 2.14 bits per heavy atom. The number of nitro benzene ring substituents is 1. The van der Waals surface area contributed by atoms with Crippen LogP contribution in [0.4, 0.5) is 11.4 Å². The van der Waals surface area contributed by atoms with Crippen LogP contribution in [0.25, 0.3) is 0 Å². The van der Waals surface area contributed by atoms with E-state index in [2.05, 4.69) is 5.32 Å². The Hall–Kier alpha value is -1.82. The van der Waals surface area contributed by atoms with Gasteiger partial charge in [0.25, 0.3) is 11.6 Å². The van der Waals surface area contributed by atoms with Crippen molar-refractivity contribution in [2.75, 3.05) is 18.9 Å². The highest BCUT2D eigenvalue weighted by molar-refractivity contribution is 6.34. The minimum Gasteiger partial charge on any atom is -0.381 e. The molecule has 0 aromatic heterocycles. The molecule has 1 saturated heterocycles. The fourth-order valence-electron chi connectivity index (χ4n) is 2.75. The van der Waals surface area contributed by atoms with E-state index in [4.69, 9.17) is 11.6 Å². The molecule has 114 valence electrons. The van der Waals surface area contributed by atoms with Crippen LogP contribution >= 0.6 is 11.6 Å². The quantitative estimate of drug-likeness (QED) is 0.686. The van der Waals surface area contributed by atoms with Crippen LogP contribution in [-0.2, 0) is 0 Å². The van der Waals surface area contributed by atoms with E-state index in [0.717, 1.165) is 12.8 Å². The summed E-state index contributed by atoms with van der Waals surface area (Å²) in [5.74, 6) is -0.217. The number of halogens is 1. The zero-order valence-electron chi connectivity index (χ0n) is 12.3. The number of nitrogens with one attached hydrogen (secondary N) is 1. The van der Waals surface area contributed by atoms with Crippen LogP contribution in [-0.4, -0.2) is 34.9 Å². The third-order valence-corrected chi connectivity index (χ3v) is 4.21. The van der Waals surface area contributed by atoms with Crippen molar-refractivity contribution in [2.45, 2.75) is 32.2 Å². The van der Waals surface area contributed by atoms with Gasteiger partial charge in [0.15, 0.2) is 0 Å². The highest BCUT2D eigenvalue weighted by atomic mass is 35.5. The average molecular weight is 312 g/mol. The lowest BCUT2D eigenvalue weighted by atomic mass is 10.0. The zero-order valence-corrected chi connectivity index (χ0v) is 13.0. The van der Waals surface area contributed by atoms with Crippen LogP contribution in [0.2, 0.25) is 5.02 Å². The maximum Gasteiger partial charge on any atom is 0.294 e. The smallest absolute Gasteiger partial charge is 0.294 e. The molecule has 1 fully saturated rings. The highest BCUT2D eigenvalue weighted by Gasteiger charge is 2.36. The van der Waals surface area contributed by atoms with Crippen LogP contribution in [0.5, 0.6) is 0 Å². The molecule has 1 aliphatic rings. The van der Waals surface area contributed by atoms with Gasteiger partial charge < -0.3 is 10.2 Å². The van der Waals surface area contributed by atoms with E-state index in [0.29, 0.717) is 6.54 Å². The second kappa shape index (κ2) is 5.52. The summed E-state index contributed by atoms with van der Waals surface area (Å²) >= 11 is 6.06. The number of carbonyl (C=O) groups excluding carboxylic acids is 1. The summed E-state index contributed by atoms with van der Waals surface area (Å²) < 4.78 is 0. The summed E-state index contributed by atoms with van der Waals surface area (Å²) in [7, 11) is 1.55.